The lowest BCUT2D eigenvalue weighted by atomic mass is 10.2. The lowest BCUT2D eigenvalue weighted by Gasteiger charge is -1.90. The first-order valence-corrected chi connectivity index (χ1v) is 6.34. The highest BCUT2D eigenvalue weighted by Crippen LogP contribution is 2.08. The van der Waals surface area contributed by atoms with Crippen molar-refractivity contribution in [3.63, 3.8) is 0 Å². The van der Waals surface area contributed by atoms with Crippen LogP contribution in [0.5, 0.6) is 0 Å². The average molecular weight is 255 g/mol. The summed E-state index contributed by atoms with van der Waals surface area (Å²) in [6.45, 7) is 0. The molecule has 90 valence electrons. The van der Waals surface area contributed by atoms with Crippen molar-refractivity contribution < 1.29 is 5.11 Å². The third kappa shape index (κ3) is 4.13. The Labute approximate surface area is 110 Å². The number of hydrogen-bond acceptors (Lipinski definition) is 1. The molecule has 2 rings (SSSR count). The van der Waals surface area contributed by atoms with Crippen LogP contribution in [0, 0.1) is 0 Å². The quantitative estimate of drug-likeness (QED) is 0.653. The van der Waals surface area contributed by atoms with Crippen LogP contribution in [-0.2, 0) is 11.1 Å². The maximum Gasteiger partial charge on any atom is 0.144 e. The highest BCUT2D eigenvalue weighted by molar-refractivity contribution is 7.69. The molecule has 0 aliphatic heterocycles. The van der Waals surface area contributed by atoms with E-state index in [4.69, 9.17) is 0 Å². The fraction of sp³-hybridized carbons (Fsp3) is 0. The molecule has 0 radical (unpaired) electrons. The van der Waals surface area contributed by atoms with Gasteiger partial charge in [0.2, 0.25) is 0 Å². The molecule has 1 N–H and O–H groups in total. The smallest absolute Gasteiger partial charge is 0.144 e. The minimum atomic E-state index is 0.169. The Bertz CT molecular complexity index is 584. The van der Waals surface area contributed by atoms with E-state index >= 15 is 0 Å². The van der Waals surface area contributed by atoms with Crippen molar-refractivity contribution in [3.05, 3.63) is 72.3 Å². The Morgan fingerprint density at radius 2 is 1.56 bits per heavy atom. The van der Waals surface area contributed by atoms with Gasteiger partial charge in [0.05, 0.1) is 5.69 Å². The first kappa shape index (κ1) is 12.5. The molecule has 18 heavy (non-hydrogen) atoms. The van der Waals surface area contributed by atoms with E-state index in [1.165, 1.54) is 0 Å². The van der Waals surface area contributed by atoms with E-state index in [0.717, 1.165) is 22.4 Å². The van der Waals surface area contributed by atoms with Crippen molar-refractivity contribution in [1.82, 2.24) is 0 Å². The van der Waals surface area contributed by atoms with Crippen molar-refractivity contribution in [2.45, 2.75) is 0 Å². The van der Waals surface area contributed by atoms with E-state index in [2.05, 4.69) is 4.36 Å². The van der Waals surface area contributed by atoms with Gasteiger partial charge >= 0.3 is 0 Å². The topological polar surface area (TPSA) is 32.6 Å². The molecule has 0 saturated heterocycles. The summed E-state index contributed by atoms with van der Waals surface area (Å²) in [5.74, 6) is 0. The van der Waals surface area contributed by atoms with E-state index in [-0.39, 0.29) is 5.05 Å². The second-order valence-electron chi connectivity index (χ2n) is 3.60. The standard InChI is InChI=1S/C15H13NOS/c17-15(12-11-13-7-3-1-4-8-13)18-16-14-9-5-2-6-10-14/h1-12,17H. The zero-order chi connectivity index (χ0) is 12.6. The van der Waals surface area contributed by atoms with Crippen molar-refractivity contribution >= 4 is 28.0 Å². The van der Waals surface area contributed by atoms with Gasteiger partial charge in [-0.05, 0) is 34.9 Å². The third-order valence-corrected chi connectivity index (χ3v) is 2.84. The molecule has 3 heteroatoms. The number of aliphatic hydroxyl groups excluding tert-OH is 1. The predicted octanol–water partition coefficient (Wildman–Crippen LogP) is 3.99. The number of nitrogens with zero attached hydrogens (tertiary/aromatic N) is 1. The van der Waals surface area contributed by atoms with Gasteiger partial charge in [-0.1, -0.05) is 54.6 Å². The summed E-state index contributed by atoms with van der Waals surface area (Å²) in [4.78, 5) is 0. The monoisotopic (exact) mass is 255 g/mol. The van der Waals surface area contributed by atoms with Gasteiger partial charge in [-0.15, -0.1) is 0 Å². The second-order valence-corrected chi connectivity index (χ2v) is 4.38. The molecule has 0 aliphatic rings. The summed E-state index contributed by atoms with van der Waals surface area (Å²) in [6, 6.07) is 19.4. The summed E-state index contributed by atoms with van der Waals surface area (Å²) in [7, 11) is 0. The SMILES string of the molecule is OC(C=Cc1ccccc1)=S=Nc1ccccc1. The summed E-state index contributed by atoms with van der Waals surface area (Å²) in [5.41, 5.74) is 1.88. The molecule has 0 amide bonds. The van der Waals surface area contributed by atoms with Gasteiger partial charge in [0.15, 0.2) is 0 Å². The number of aliphatic hydroxyl groups is 1. The lowest BCUT2D eigenvalue weighted by Crippen LogP contribution is -1.86. The van der Waals surface area contributed by atoms with Crippen LogP contribution >= 0.6 is 0 Å². The molecular weight excluding hydrogens is 242 g/mol. The molecule has 2 aromatic rings. The zero-order valence-electron chi connectivity index (χ0n) is 9.73. The highest BCUT2D eigenvalue weighted by atomic mass is 32.1. The van der Waals surface area contributed by atoms with Gasteiger partial charge < -0.3 is 5.11 Å². The molecule has 0 aromatic heterocycles. The molecule has 0 heterocycles. The van der Waals surface area contributed by atoms with E-state index in [1.807, 2.05) is 66.7 Å². The molecule has 2 aromatic carbocycles. The minimum absolute atomic E-state index is 0.169. The van der Waals surface area contributed by atoms with Gasteiger partial charge in [-0.25, -0.2) is 0 Å². The van der Waals surface area contributed by atoms with E-state index in [9.17, 15) is 5.11 Å². The third-order valence-electron chi connectivity index (χ3n) is 2.22. The van der Waals surface area contributed by atoms with Gasteiger partial charge in [-0.3, -0.25) is 0 Å². The molecule has 0 aliphatic carbocycles. The summed E-state index contributed by atoms with van der Waals surface area (Å²) >= 11 is 1.06. The van der Waals surface area contributed by atoms with Crippen molar-refractivity contribution in [2.24, 2.45) is 4.36 Å². The fourth-order valence-electron chi connectivity index (χ4n) is 1.35. The molecule has 0 unspecified atom stereocenters. The van der Waals surface area contributed by atoms with Crippen LogP contribution in [0.25, 0.3) is 6.08 Å². The normalized spacial score (nSPS) is 10.3. The Balaban J connectivity index is 2.10. The average Bonchev–Trinajstić information content (AvgIpc) is 2.45. The highest BCUT2D eigenvalue weighted by Gasteiger charge is 1.86. The molecule has 0 atom stereocenters. The number of benzene rings is 2. The Morgan fingerprint density at radius 1 is 0.944 bits per heavy atom. The molecule has 0 saturated carbocycles. The Kier molecular flexibility index (Phi) is 4.64. The first-order chi connectivity index (χ1) is 8.84. The van der Waals surface area contributed by atoms with Crippen LogP contribution in [0.3, 0.4) is 0 Å². The van der Waals surface area contributed by atoms with Crippen LogP contribution in [0.2, 0.25) is 0 Å². The lowest BCUT2D eigenvalue weighted by molar-refractivity contribution is 0.574. The summed E-state index contributed by atoms with van der Waals surface area (Å²) < 4.78 is 4.20. The van der Waals surface area contributed by atoms with Crippen molar-refractivity contribution in [1.29, 1.82) is 0 Å². The summed E-state index contributed by atoms with van der Waals surface area (Å²) in [5, 5.41) is 9.84. The van der Waals surface area contributed by atoms with Gasteiger partial charge in [0.25, 0.3) is 0 Å². The van der Waals surface area contributed by atoms with Crippen LogP contribution in [0.1, 0.15) is 5.56 Å². The second kappa shape index (κ2) is 6.69. The van der Waals surface area contributed by atoms with E-state index < -0.39 is 0 Å². The van der Waals surface area contributed by atoms with Gasteiger partial charge in [0, 0.05) is 0 Å². The van der Waals surface area contributed by atoms with Crippen LogP contribution < -0.4 is 0 Å². The predicted molar refractivity (Wildman–Crippen MR) is 79.0 cm³/mol. The largest absolute Gasteiger partial charge is 0.351 e. The van der Waals surface area contributed by atoms with Gasteiger partial charge in [-0.2, -0.15) is 4.36 Å². The maximum atomic E-state index is 9.67. The molecule has 2 nitrogen and oxygen atoms in total. The van der Waals surface area contributed by atoms with E-state index in [1.54, 1.807) is 6.08 Å². The molecule has 0 bridgehead atoms. The van der Waals surface area contributed by atoms with Crippen LogP contribution in [-0.4, -0.2) is 10.2 Å². The number of hydrogen-bond donors (Lipinski definition) is 1. The first-order valence-electron chi connectivity index (χ1n) is 5.57. The molecule has 0 fully saturated rings. The fourth-order valence-corrected chi connectivity index (χ4v) is 1.80. The number of rotatable bonds is 3. The van der Waals surface area contributed by atoms with Crippen molar-refractivity contribution in [2.75, 3.05) is 0 Å². The van der Waals surface area contributed by atoms with Crippen LogP contribution in [0.15, 0.2) is 71.1 Å². The Morgan fingerprint density at radius 3 is 2.22 bits per heavy atom. The maximum absolute atomic E-state index is 9.67. The van der Waals surface area contributed by atoms with Crippen LogP contribution in [0.4, 0.5) is 5.69 Å². The minimum Gasteiger partial charge on any atom is -0.351 e. The van der Waals surface area contributed by atoms with E-state index in [0.29, 0.717) is 0 Å². The van der Waals surface area contributed by atoms with Crippen molar-refractivity contribution in [3.8, 4) is 0 Å². The Hall–Kier alpha value is -1.97. The van der Waals surface area contributed by atoms with Gasteiger partial charge in [0.1, 0.15) is 5.05 Å². The molecule has 0 spiro atoms. The molecular formula is C15H13NOS. The zero-order valence-corrected chi connectivity index (χ0v) is 10.5. The summed E-state index contributed by atoms with van der Waals surface area (Å²) in [6.07, 6.45) is 3.50.